The second-order valence-corrected chi connectivity index (χ2v) is 14.6. The van der Waals surface area contributed by atoms with Crippen LogP contribution in [0.15, 0.2) is 11.1 Å². The number of carbonyl (C=O) groups excluding carboxylic acids is 6. The smallest absolute Gasteiger partial charge is 0.308 e. The minimum absolute atomic E-state index is 0.0207. The van der Waals surface area contributed by atoms with Crippen LogP contribution in [0.3, 0.4) is 0 Å². The molecule has 0 aromatic heterocycles. The first-order valence-electron chi connectivity index (χ1n) is 15.1. The molecule has 0 radical (unpaired) electrons. The lowest BCUT2D eigenvalue weighted by Gasteiger charge is -2.61. The number of rotatable bonds is 7. The van der Waals surface area contributed by atoms with E-state index in [9.17, 15) is 33.9 Å². The average molecular weight is 587 g/mol. The molecule has 42 heavy (non-hydrogen) atoms. The molecule has 0 aliphatic heterocycles. The molecule has 2 saturated carbocycles. The summed E-state index contributed by atoms with van der Waals surface area (Å²) < 4.78 is 10.6. The predicted octanol–water partition coefficient (Wildman–Crippen LogP) is 3.97. The summed E-state index contributed by atoms with van der Waals surface area (Å²) in [6.45, 7) is 13.9. The Balaban J connectivity index is 1.85. The minimum Gasteiger partial charge on any atom is -0.469 e. The van der Waals surface area contributed by atoms with Crippen LogP contribution in [-0.4, -0.2) is 59.5 Å². The highest BCUT2D eigenvalue weighted by molar-refractivity contribution is 6.18. The number of fused-ring (bicyclic) bond motifs is 4. The Morgan fingerprint density at radius 1 is 0.976 bits per heavy atom. The quantitative estimate of drug-likeness (QED) is 0.439. The standard InChI is InChI=1S/C33H46O9/c1-16(12-19(35)13-17(2)29(40)41-9)20-14-24(38)33(8)25-21(36)15-22-30(4,5)23(37)10-11-31(22,6)26(25)27(39)28(32(20,33)7)42-18(3)34/h16-17,20,22-23,28,37H,10-15H2,1-9H3/t16-,17?,20-,22+,23+,28-,31+,32+,33+/m1/s1. The molecular weight excluding hydrogens is 540 g/mol. The van der Waals surface area contributed by atoms with Crippen molar-refractivity contribution < 1.29 is 43.3 Å². The number of aliphatic hydroxyl groups is 1. The number of ether oxygens (including phenoxy) is 2. The SMILES string of the molecule is COC(=O)C(C)CC(=O)C[C@@H](C)[C@H]1CC(=O)[C@@]2(C)C3=C(C(=O)[C@@H](OC(C)=O)[C@]12C)[C@@]1(C)CC[C@H](O)C(C)(C)[C@@H]1CC3=O. The van der Waals surface area contributed by atoms with Gasteiger partial charge >= 0.3 is 11.9 Å². The van der Waals surface area contributed by atoms with Gasteiger partial charge in [-0.05, 0) is 42.9 Å². The van der Waals surface area contributed by atoms with Crippen molar-refractivity contribution in [1.82, 2.24) is 0 Å². The van der Waals surface area contributed by atoms with Crippen LogP contribution in [0.4, 0.5) is 0 Å². The monoisotopic (exact) mass is 586 g/mol. The van der Waals surface area contributed by atoms with E-state index in [-0.39, 0.29) is 60.1 Å². The van der Waals surface area contributed by atoms with Crippen LogP contribution in [-0.2, 0) is 38.2 Å². The summed E-state index contributed by atoms with van der Waals surface area (Å²) >= 11 is 0. The molecule has 2 fully saturated rings. The Kier molecular flexibility index (Phi) is 8.05. The molecule has 232 valence electrons. The number of Topliss-reactive ketones (excluding diaryl/α,β-unsaturated/α-hetero) is 4. The molecular formula is C33H46O9. The zero-order valence-corrected chi connectivity index (χ0v) is 26.4. The second-order valence-electron chi connectivity index (χ2n) is 14.6. The summed E-state index contributed by atoms with van der Waals surface area (Å²) in [7, 11) is 1.27. The number of esters is 2. The fourth-order valence-corrected chi connectivity index (χ4v) is 9.37. The van der Waals surface area contributed by atoms with Crippen LogP contribution in [0.2, 0.25) is 0 Å². The molecule has 1 N–H and O–H groups in total. The average Bonchev–Trinajstić information content (AvgIpc) is 3.11. The van der Waals surface area contributed by atoms with E-state index < -0.39 is 69.3 Å². The fourth-order valence-electron chi connectivity index (χ4n) is 9.37. The Bertz CT molecular complexity index is 1280. The van der Waals surface area contributed by atoms with Gasteiger partial charge in [-0.15, -0.1) is 0 Å². The molecule has 4 aliphatic carbocycles. The van der Waals surface area contributed by atoms with Gasteiger partial charge in [0.2, 0.25) is 5.78 Å². The highest BCUT2D eigenvalue weighted by atomic mass is 16.5. The van der Waals surface area contributed by atoms with E-state index in [4.69, 9.17) is 9.47 Å². The lowest BCUT2D eigenvalue weighted by molar-refractivity contribution is -0.176. The number of aliphatic hydroxyl groups excluding tert-OH is 1. The maximum Gasteiger partial charge on any atom is 0.308 e. The Morgan fingerprint density at radius 2 is 1.60 bits per heavy atom. The van der Waals surface area contributed by atoms with Gasteiger partial charge in [-0.1, -0.05) is 41.5 Å². The normalized spacial score (nSPS) is 38.7. The van der Waals surface area contributed by atoms with Crippen molar-refractivity contribution in [3.05, 3.63) is 11.1 Å². The summed E-state index contributed by atoms with van der Waals surface area (Å²) in [4.78, 5) is 80.4. The molecule has 9 atom stereocenters. The first-order chi connectivity index (χ1) is 19.3. The molecule has 0 bridgehead atoms. The third kappa shape index (κ3) is 4.36. The maximum atomic E-state index is 14.7. The van der Waals surface area contributed by atoms with Crippen molar-refractivity contribution in [2.75, 3.05) is 7.11 Å². The highest BCUT2D eigenvalue weighted by Gasteiger charge is 2.74. The molecule has 4 aliphatic rings. The first-order valence-corrected chi connectivity index (χ1v) is 15.1. The van der Waals surface area contributed by atoms with Crippen LogP contribution < -0.4 is 0 Å². The van der Waals surface area contributed by atoms with Crippen molar-refractivity contribution >= 4 is 35.1 Å². The summed E-state index contributed by atoms with van der Waals surface area (Å²) in [6.07, 6.45) is -0.913. The van der Waals surface area contributed by atoms with Crippen LogP contribution in [0.25, 0.3) is 0 Å². The van der Waals surface area contributed by atoms with E-state index in [0.29, 0.717) is 12.8 Å². The molecule has 0 amide bonds. The number of hydrogen-bond donors (Lipinski definition) is 1. The number of ketones is 4. The van der Waals surface area contributed by atoms with E-state index in [1.54, 1.807) is 20.8 Å². The maximum absolute atomic E-state index is 14.7. The van der Waals surface area contributed by atoms with Crippen molar-refractivity contribution in [2.45, 2.75) is 106 Å². The minimum atomic E-state index is -1.41. The van der Waals surface area contributed by atoms with E-state index in [0.717, 1.165) is 0 Å². The second kappa shape index (κ2) is 10.5. The number of methoxy groups -OCH3 is 1. The van der Waals surface area contributed by atoms with Crippen molar-refractivity contribution in [3.8, 4) is 0 Å². The van der Waals surface area contributed by atoms with Crippen LogP contribution in [0, 0.1) is 45.3 Å². The Morgan fingerprint density at radius 3 is 2.17 bits per heavy atom. The van der Waals surface area contributed by atoms with E-state index >= 15 is 0 Å². The van der Waals surface area contributed by atoms with Gasteiger partial charge in [0, 0.05) is 54.6 Å². The van der Waals surface area contributed by atoms with E-state index in [2.05, 4.69) is 0 Å². The molecule has 0 heterocycles. The zero-order valence-electron chi connectivity index (χ0n) is 26.4. The number of allylic oxidation sites excluding steroid dienone is 1. The zero-order chi connectivity index (χ0) is 31.7. The van der Waals surface area contributed by atoms with Gasteiger partial charge < -0.3 is 14.6 Å². The molecule has 0 spiro atoms. The van der Waals surface area contributed by atoms with Gasteiger partial charge in [-0.25, -0.2) is 0 Å². The van der Waals surface area contributed by atoms with Crippen molar-refractivity contribution in [3.63, 3.8) is 0 Å². The molecule has 1 unspecified atom stereocenters. The largest absolute Gasteiger partial charge is 0.469 e. The Labute approximate surface area is 248 Å². The summed E-state index contributed by atoms with van der Waals surface area (Å²) in [6, 6.07) is 0. The van der Waals surface area contributed by atoms with Crippen molar-refractivity contribution in [1.29, 1.82) is 0 Å². The van der Waals surface area contributed by atoms with Gasteiger partial charge in [-0.2, -0.15) is 0 Å². The van der Waals surface area contributed by atoms with Gasteiger partial charge in [-0.3, -0.25) is 28.8 Å². The Hall–Kier alpha value is -2.68. The van der Waals surface area contributed by atoms with Crippen LogP contribution in [0.1, 0.15) is 93.9 Å². The molecule has 0 aromatic rings. The van der Waals surface area contributed by atoms with Crippen LogP contribution >= 0.6 is 0 Å². The molecule has 9 heteroatoms. The van der Waals surface area contributed by atoms with Crippen molar-refractivity contribution in [2.24, 2.45) is 45.3 Å². The highest BCUT2D eigenvalue weighted by Crippen LogP contribution is 2.70. The first kappa shape index (κ1) is 32.2. The van der Waals surface area contributed by atoms with Gasteiger partial charge in [0.15, 0.2) is 11.9 Å². The number of hydrogen-bond acceptors (Lipinski definition) is 9. The fraction of sp³-hybridized carbons (Fsp3) is 0.758. The summed E-state index contributed by atoms with van der Waals surface area (Å²) in [5.41, 5.74) is -3.63. The van der Waals surface area contributed by atoms with E-state index in [1.165, 1.54) is 14.0 Å². The molecule has 4 rings (SSSR count). The third-order valence-corrected chi connectivity index (χ3v) is 12.0. The summed E-state index contributed by atoms with van der Waals surface area (Å²) in [5.74, 6) is -4.18. The molecule has 9 nitrogen and oxygen atoms in total. The molecule has 0 saturated heterocycles. The van der Waals surface area contributed by atoms with Gasteiger partial charge in [0.1, 0.15) is 11.6 Å². The predicted molar refractivity (Wildman–Crippen MR) is 152 cm³/mol. The lowest BCUT2D eigenvalue weighted by atomic mass is 9.42. The van der Waals surface area contributed by atoms with E-state index in [1.807, 2.05) is 27.7 Å². The third-order valence-electron chi connectivity index (χ3n) is 12.0. The lowest BCUT2D eigenvalue weighted by Crippen LogP contribution is -2.65. The molecule has 0 aromatic carbocycles. The van der Waals surface area contributed by atoms with Crippen LogP contribution in [0.5, 0.6) is 0 Å². The summed E-state index contributed by atoms with van der Waals surface area (Å²) in [5, 5.41) is 10.9. The van der Waals surface area contributed by atoms with Gasteiger partial charge in [0.25, 0.3) is 0 Å². The number of carbonyl (C=O) groups is 6. The topological polar surface area (TPSA) is 141 Å². The van der Waals surface area contributed by atoms with Gasteiger partial charge in [0.05, 0.1) is 24.5 Å².